The Morgan fingerprint density at radius 2 is 2.13 bits per heavy atom. The molecule has 2 fully saturated rings. The molecule has 0 aliphatic carbocycles. The molecule has 0 aromatic carbocycles. The molecule has 0 saturated carbocycles. The Bertz CT molecular complexity index is 192. The van der Waals surface area contributed by atoms with Gasteiger partial charge >= 0.3 is 0 Å². The lowest BCUT2D eigenvalue weighted by Crippen LogP contribution is -2.56. The summed E-state index contributed by atoms with van der Waals surface area (Å²) in [6.45, 7) is 8.94. The summed E-state index contributed by atoms with van der Waals surface area (Å²) in [4.78, 5) is 2.59. The fraction of sp³-hybridized carbons (Fsp3) is 1.00. The van der Waals surface area contributed by atoms with E-state index in [0.717, 1.165) is 25.7 Å². The second-order valence-electron chi connectivity index (χ2n) is 5.34. The van der Waals surface area contributed by atoms with E-state index in [9.17, 15) is 0 Å². The van der Waals surface area contributed by atoms with Crippen molar-refractivity contribution in [3.8, 4) is 0 Å². The van der Waals surface area contributed by atoms with Gasteiger partial charge in [-0.1, -0.05) is 6.92 Å². The Labute approximate surface area is 93.0 Å². The molecule has 0 aromatic rings. The number of nitrogens with two attached hydrogens (primary N) is 1. The van der Waals surface area contributed by atoms with E-state index in [2.05, 4.69) is 11.8 Å². The number of rotatable bonds is 6. The zero-order valence-corrected chi connectivity index (χ0v) is 9.87. The molecular weight excluding hydrogens is 188 g/mol. The Morgan fingerprint density at radius 1 is 1.40 bits per heavy atom. The minimum atomic E-state index is 0.499. The summed E-state index contributed by atoms with van der Waals surface area (Å²) < 4.78 is 5.35. The molecule has 2 aliphatic rings. The molecule has 2 heterocycles. The van der Waals surface area contributed by atoms with Crippen LogP contribution >= 0.6 is 0 Å². The van der Waals surface area contributed by atoms with Crippen LogP contribution in [0.25, 0.3) is 0 Å². The maximum Gasteiger partial charge on any atom is 0.0557 e. The first-order valence-corrected chi connectivity index (χ1v) is 6.28. The van der Waals surface area contributed by atoms with Crippen LogP contribution in [-0.2, 0) is 4.74 Å². The number of nitrogens with zero attached hydrogens (tertiary/aromatic N) is 1. The van der Waals surface area contributed by atoms with E-state index >= 15 is 0 Å². The van der Waals surface area contributed by atoms with Gasteiger partial charge < -0.3 is 15.4 Å². The van der Waals surface area contributed by atoms with Gasteiger partial charge in [-0.05, 0) is 31.7 Å². The minimum Gasteiger partial charge on any atom is -0.380 e. The largest absolute Gasteiger partial charge is 0.380 e. The molecule has 3 nitrogen and oxygen atoms in total. The van der Waals surface area contributed by atoms with Crippen molar-refractivity contribution in [1.29, 1.82) is 0 Å². The highest BCUT2D eigenvalue weighted by atomic mass is 16.5. The summed E-state index contributed by atoms with van der Waals surface area (Å²) in [5.41, 5.74) is 6.01. The van der Waals surface area contributed by atoms with Gasteiger partial charge in [-0.2, -0.15) is 0 Å². The Morgan fingerprint density at radius 3 is 2.60 bits per heavy atom. The van der Waals surface area contributed by atoms with E-state index in [0.29, 0.717) is 5.41 Å². The van der Waals surface area contributed by atoms with Gasteiger partial charge in [-0.25, -0.2) is 0 Å². The molecule has 2 aliphatic heterocycles. The molecule has 2 saturated heterocycles. The van der Waals surface area contributed by atoms with Crippen molar-refractivity contribution in [1.82, 2.24) is 4.90 Å². The van der Waals surface area contributed by atoms with E-state index in [4.69, 9.17) is 10.5 Å². The van der Waals surface area contributed by atoms with E-state index in [1.165, 1.54) is 38.9 Å². The van der Waals surface area contributed by atoms with Crippen molar-refractivity contribution in [2.45, 2.75) is 26.2 Å². The van der Waals surface area contributed by atoms with Crippen LogP contribution in [0.5, 0.6) is 0 Å². The maximum absolute atomic E-state index is 5.51. The fourth-order valence-corrected chi connectivity index (χ4v) is 2.67. The van der Waals surface area contributed by atoms with Crippen LogP contribution < -0.4 is 5.73 Å². The topological polar surface area (TPSA) is 38.5 Å². The quantitative estimate of drug-likeness (QED) is 0.716. The van der Waals surface area contributed by atoms with Gasteiger partial charge in [0.25, 0.3) is 0 Å². The van der Waals surface area contributed by atoms with Crippen molar-refractivity contribution >= 4 is 0 Å². The summed E-state index contributed by atoms with van der Waals surface area (Å²) in [5.74, 6) is 0.920. The Balaban J connectivity index is 1.62. The zero-order valence-electron chi connectivity index (χ0n) is 9.87. The van der Waals surface area contributed by atoms with E-state index < -0.39 is 0 Å². The maximum atomic E-state index is 5.51. The first-order chi connectivity index (χ1) is 7.28. The van der Waals surface area contributed by atoms with Crippen LogP contribution in [0.4, 0.5) is 0 Å². The molecule has 0 bridgehead atoms. The molecule has 3 heteroatoms. The summed E-state index contributed by atoms with van der Waals surface area (Å²) in [7, 11) is 0. The van der Waals surface area contributed by atoms with Gasteiger partial charge in [0.1, 0.15) is 0 Å². The molecular formula is C12H24N2O. The number of ether oxygens (including phenoxy) is 1. The predicted molar refractivity (Wildman–Crippen MR) is 61.8 cm³/mol. The third-order valence-electron chi connectivity index (χ3n) is 3.97. The molecule has 0 atom stereocenters. The first kappa shape index (κ1) is 11.4. The molecule has 0 amide bonds. The number of likely N-dealkylation sites (tertiary alicyclic amines) is 1. The van der Waals surface area contributed by atoms with Gasteiger partial charge in [0.15, 0.2) is 0 Å². The van der Waals surface area contributed by atoms with Crippen molar-refractivity contribution in [3.05, 3.63) is 0 Å². The third kappa shape index (κ3) is 2.52. The first-order valence-electron chi connectivity index (χ1n) is 6.28. The van der Waals surface area contributed by atoms with E-state index in [-0.39, 0.29) is 0 Å². The Hall–Kier alpha value is -0.120. The van der Waals surface area contributed by atoms with Crippen LogP contribution in [0, 0.1) is 11.3 Å². The molecule has 2 N–H and O–H groups in total. The fourth-order valence-electron chi connectivity index (χ4n) is 2.67. The molecule has 88 valence electrons. The molecule has 2 rings (SSSR count). The van der Waals surface area contributed by atoms with E-state index in [1.54, 1.807) is 0 Å². The van der Waals surface area contributed by atoms with Crippen molar-refractivity contribution in [2.24, 2.45) is 17.1 Å². The third-order valence-corrected chi connectivity index (χ3v) is 3.97. The van der Waals surface area contributed by atoms with Crippen LogP contribution in [-0.4, -0.2) is 44.3 Å². The predicted octanol–water partition coefficient (Wildman–Crippen LogP) is 1.08. The highest BCUT2D eigenvalue weighted by Crippen LogP contribution is 2.34. The summed E-state index contributed by atoms with van der Waals surface area (Å²) >= 11 is 0. The van der Waals surface area contributed by atoms with Crippen LogP contribution in [0.1, 0.15) is 26.2 Å². The molecule has 0 radical (unpaired) electrons. The standard InChI is InChI=1S/C12H24N2O/c1-2-12(9-15-10-12)8-14-6-11(7-14)4-3-5-13/h11H,2-10,13H2,1H3. The van der Waals surface area contributed by atoms with Gasteiger partial charge in [0, 0.05) is 25.0 Å². The number of hydrogen-bond acceptors (Lipinski definition) is 3. The highest BCUT2D eigenvalue weighted by molar-refractivity contribution is 4.91. The molecule has 0 unspecified atom stereocenters. The minimum absolute atomic E-state index is 0.499. The van der Waals surface area contributed by atoms with E-state index in [1.807, 2.05) is 0 Å². The second-order valence-corrected chi connectivity index (χ2v) is 5.34. The smallest absolute Gasteiger partial charge is 0.0557 e. The molecule has 0 aromatic heterocycles. The normalized spacial score (nSPS) is 26.0. The average molecular weight is 212 g/mol. The van der Waals surface area contributed by atoms with Gasteiger partial charge in [0.2, 0.25) is 0 Å². The summed E-state index contributed by atoms with van der Waals surface area (Å²) in [6, 6.07) is 0. The zero-order chi connectivity index (χ0) is 10.7. The Kier molecular flexibility index (Phi) is 3.65. The van der Waals surface area contributed by atoms with Gasteiger partial charge in [-0.3, -0.25) is 0 Å². The average Bonchev–Trinajstić information content (AvgIpc) is 2.13. The van der Waals surface area contributed by atoms with Crippen molar-refractivity contribution in [3.63, 3.8) is 0 Å². The summed E-state index contributed by atoms with van der Waals surface area (Å²) in [6.07, 6.45) is 3.78. The monoisotopic (exact) mass is 212 g/mol. The van der Waals surface area contributed by atoms with Crippen molar-refractivity contribution in [2.75, 3.05) is 39.4 Å². The van der Waals surface area contributed by atoms with Gasteiger partial charge in [-0.15, -0.1) is 0 Å². The lowest BCUT2D eigenvalue weighted by molar-refractivity contribution is -0.138. The lowest BCUT2D eigenvalue weighted by Gasteiger charge is -2.49. The van der Waals surface area contributed by atoms with Gasteiger partial charge in [0.05, 0.1) is 13.2 Å². The molecule has 15 heavy (non-hydrogen) atoms. The van der Waals surface area contributed by atoms with Crippen molar-refractivity contribution < 1.29 is 4.74 Å². The van der Waals surface area contributed by atoms with Crippen LogP contribution in [0.15, 0.2) is 0 Å². The second kappa shape index (κ2) is 4.81. The molecule has 0 spiro atoms. The van der Waals surface area contributed by atoms with Crippen LogP contribution in [0.2, 0.25) is 0 Å². The summed E-state index contributed by atoms with van der Waals surface area (Å²) in [5, 5.41) is 0. The SMILES string of the molecule is CCC1(CN2CC(CCCN)C2)COC1. The number of hydrogen-bond donors (Lipinski definition) is 1. The lowest BCUT2D eigenvalue weighted by atomic mass is 9.80. The van der Waals surface area contributed by atoms with Crippen LogP contribution in [0.3, 0.4) is 0 Å². The highest BCUT2D eigenvalue weighted by Gasteiger charge is 2.40.